The maximum Gasteiger partial charge on any atom is 0.242 e. The highest BCUT2D eigenvalue weighted by Crippen LogP contribution is 2.24. The Morgan fingerprint density at radius 1 is 1.19 bits per heavy atom. The van der Waals surface area contributed by atoms with Gasteiger partial charge >= 0.3 is 0 Å². The minimum atomic E-state index is -3.45. The quantitative estimate of drug-likeness (QED) is 0.647. The van der Waals surface area contributed by atoms with Crippen molar-refractivity contribution in [2.75, 3.05) is 31.6 Å². The first kappa shape index (κ1) is 17.9. The van der Waals surface area contributed by atoms with Crippen molar-refractivity contribution in [2.45, 2.75) is 37.5 Å². The Balaban J connectivity index is 2.83. The molecule has 0 heterocycles. The summed E-state index contributed by atoms with van der Waals surface area (Å²) in [5, 5.41) is 0. The first-order valence-corrected chi connectivity index (χ1v) is 9.01. The zero-order chi connectivity index (χ0) is 15.7. The van der Waals surface area contributed by atoms with Gasteiger partial charge in [-0.1, -0.05) is 25.5 Å². The van der Waals surface area contributed by atoms with Gasteiger partial charge in [0.05, 0.1) is 5.69 Å². The summed E-state index contributed by atoms with van der Waals surface area (Å²) >= 11 is 0. The zero-order valence-corrected chi connectivity index (χ0v) is 13.8. The number of nitrogens with two attached hydrogens (primary N) is 1. The number of hydrogen-bond acceptors (Lipinski definition) is 4. The molecule has 6 heteroatoms. The molecule has 0 aromatic heterocycles. The van der Waals surface area contributed by atoms with Crippen LogP contribution >= 0.6 is 0 Å². The molecule has 0 radical (unpaired) electrons. The van der Waals surface area contributed by atoms with Crippen LogP contribution in [0.25, 0.3) is 0 Å². The molecule has 0 unspecified atom stereocenters. The molecule has 0 aliphatic carbocycles. The standard InChI is InChI=1S/C15H27N3O2S/c1-3-12-17-21(19,20)15-10-6-5-9-14(15)18(2)13-8-4-7-11-16/h5-6,9-10,17H,3-4,7-8,11-13,16H2,1-2H3. The fourth-order valence-electron chi connectivity index (χ4n) is 2.10. The Bertz CT molecular complexity index is 517. The van der Waals surface area contributed by atoms with Crippen molar-refractivity contribution in [3.8, 4) is 0 Å². The van der Waals surface area contributed by atoms with E-state index >= 15 is 0 Å². The number of para-hydroxylation sites is 1. The fourth-order valence-corrected chi connectivity index (χ4v) is 3.49. The molecule has 1 aromatic rings. The van der Waals surface area contributed by atoms with Crippen LogP contribution in [-0.2, 0) is 10.0 Å². The first-order chi connectivity index (χ1) is 10.0. The van der Waals surface area contributed by atoms with Crippen LogP contribution in [-0.4, -0.2) is 35.1 Å². The summed E-state index contributed by atoms with van der Waals surface area (Å²) in [5.74, 6) is 0. The Morgan fingerprint density at radius 2 is 1.90 bits per heavy atom. The number of hydrogen-bond donors (Lipinski definition) is 2. The minimum Gasteiger partial charge on any atom is -0.374 e. The molecular weight excluding hydrogens is 286 g/mol. The molecule has 0 fully saturated rings. The number of anilines is 1. The van der Waals surface area contributed by atoms with Crippen molar-refractivity contribution >= 4 is 15.7 Å². The van der Waals surface area contributed by atoms with Gasteiger partial charge in [0, 0.05) is 20.1 Å². The molecule has 21 heavy (non-hydrogen) atoms. The van der Waals surface area contributed by atoms with E-state index in [0.29, 0.717) is 18.0 Å². The first-order valence-electron chi connectivity index (χ1n) is 7.52. The number of nitrogens with zero attached hydrogens (tertiary/aromatic N) is 1. The van der Waals surface area contributed by atoms with E-state index in [2.05, 4.69) is 4.72 Å². The Kier molecular flexibility index (Phi) is 7.71. The van der Waals surface area contributed by atoms with Gasteiger partial charge in [-0.05, 0) is 37.9 Å². The van der Waals surface area contributed by atoms with Gasteiger partial charge in [0.1, 0.15) is 4.90 Å². The number of sulfonamides is 1. The number of benzene rings is 1. The molecule has 120 valence electrons. The van der Waals surface area contributed by atoms with Gasteiger partial charge in [-0.15, -0.1) is 0 Å². The summed E-state index contributed by atoms with van der Waals surface area (Å²) < 4.78 is 27.3. The van der Waals surface area contributed by atoms with Crippen molar-refractivity contribution in [2.24, 2.45) is 5.73 Å². The number of rotatable bonds is 10. The highest BCUT2D eigenvalue weighted by molar-refractivity contribution is 7.89. The van der Waals surface area contributed by atoms with Gasteiger partial charge in [-0.3, -0.25) is 0 Å². The molecule has 3 N–H and O–H groups in total. The summed E-state index contributed by atoms with van der Waals surface area (Å²) in [6.07, 6.45) is 3.84. The van der Waals surface area contributed by atoms with Gasteiger partial charge in [0.2, 0.25) is 10.0 Å². The fraction of sp³-hybridized carbons (Fsp3) is 0.600. The predicted octanol–water partition coefficient (Wildman–Crippen LogP) is 1.94. The lowest BCUT2D eigenvalue weighted by Crippen LogP contribution is -2.28. The van der Waals surface area contributed by atoms with E-state index in [4.69, 9.17) is 5.73 Å². The molecule has 0 amide bonds. The molecule has 0 spiro atoms. The van der Waals surface area contributed by atoms with Crippen LogP contribution in [0.5, 0.6) is 0 Å². The molecule has 1 rings (SSSR count). The van der Waals surface area contributed by atoms with Crippen molar-refractivity contribution in [1.82, 2.24) is 4.72 Å². The summed E-state index contributed by atoms with van der Waals surface area (Å²) in [5.41, 5.74) is 6.23. The molecule has 0 aliphatic heterocycles. The Morgan fingerprint density at radius 3 is 2.57 bits per heavy atom. The van der Waals surface area contributed by atoms with Gasteiger partial charge in [0.15, 0.2) is 0 Å². The van der Waals surface area contributed by atoms with Crippen molar-refractivity contribution < 1.29 is 8.42 Å². The SMILES string of the molecule is CCCNS(=O)(=O)c1ccccc1N(C)CCCCCN. The number of nitrogens with one attached hydrogen (secondary N) is 1. The predicted molar refractivity (Wildman–Crippen MR) is 88.1 cm³/mol. The third kappa shape index (κ3) is 5.65. The second kappa shape index (κ2) is 9.02. The van der Waals surface area contributed by atoms with Crippen LogP contribution in [0.15, 0.2) is 29.2 Å². The van der Waals surface area contributed by atoms with Crippen LogP contribution in [0.3, 0.4) is 0 Å². The summed E-state index contributed by atoms with van der Waals surface area (Å²) in [6, 6.07) is 7.13. The van der Waals surface area contributed by atoms with Gasteiger partial charge in [0.25, 0.3) is 0 Å². The largest absolute Gasteiger partial charge is 0.374 e. The second-order valence-electron chi connectivity index (χ2n) is 5.14. The Labute approximate surface area is 128 Å². The van der Waals surface area contributed by atoms with Crippen LogP contribution in [0, 0.1) is 0 Å². The smallest absolute Gasteiger partial charge is 0.242 e. The van der Waals surface area contributed by atoms with Gasteiger partial charge < -0.3 is 10.6 Å². The highest BCUT2D eigenvalue weighted by atomic mass is 32.2. The van der Waals surface area contributed by atoms with E-state index in [1.54, 1.807) is 12.1 Å². The van der Waals surface area contributed by atoms with E-state index in [1.165, 1.54) is 0 Å². The van der Waals surface area contributed by atoms with E-state index in [9.17, 15) is 8.42 Å². The van der Waals surface area contributed by atoms with E-state index in [0.717, 1.165) is 37.9 Å². The molecular formula is C15H27N3O2S. The molecule has 0 saturated heterocycles. The molecule has 0 aliphatic rings. The lowest BCUT2D eigenvalue weighted by molar-refractivity contribution is 0.580. The molecule has 0 atom stereocenters. The van der Waals surface area contributed by atoms with E-state index in [-0.39, 0.29) is 0 Å². The van der Waals surface area contributed by atoms with Gasteiger partial charge in [-0.25, -0.2) is 13.1 Å². The van der Waals surface area contributed by atoms with Crippen molar-refractivity contribution in [1.29, 1.82) is 0 Å². The lowest BCUT2D eigenvalue weighted by atomic mass is 10.2. The highest BCUT2D eigenvalue weighted by Gasteiger charge is 2.19. The second-order valence-corrected chi connectivity index (χ2v) is 6.87. The monoisotopic (exact) mass is 313 g/mol. The molecule has 1 aromatic carbocycles. The van der Waals surface area contributed by atoms with Crippen LogP contribution in [0.4, 0.5) is 5.69 Å². The normalized spacial score (nSPS) is 11.6. The number of unbranched alkanes of at least 4 members (excludes halogenated alkanes) is 2. The summed E-state index contributed by atoms with van der Waals surface area (Å²) in [4.78, 5) is 2.34. The summed E-state index contributed by atoms with van der Waals surface area (Å²) in [7, 11) is -1.52. The van der Waals surface area contributed by atoms with Crippen LogP contribution in [0.1, 0.15) is 32.6 Å². The minimum absolute atomic E-state index is 0.347. The molecule has 5 nitrogen and oxygen atoms in total. The molecule has 0 saturated carbocycles. The third-order valence-corrected chi connectivity index (χ3v) is 4.81. The maximum absolute atomic E-state index is 12.3. The topological polar surface area (TPSA) is 75.4 Å². The van der Waals surface area contributed by atoms with Crippen molar-refractivity contribution in [3.63, 3.8) is 0 Å². The Hall–Kier alpha value is -1.11. The van der Waals surface area contributed by atoms with Gasteiger partial charge in [-0.2, -0.15) is 0 Å². The van der Waals surface area contributed by atoms with Crippen LogP contribution in [0.2, 0.25) is 0 Å². The maximum atomic E-state index is 12.3. The average Bonchev–Trinajstić information content (AvgIpc) is 2.49. The molecule has 0 bridgehead atoms. The van der Waals surface area contributed by atoms with E-state index < -0.39 is 10.0 Å². The average molecular weight is 313 g/mol. The van der Waals surface area contributed by atoms with E-state index in [1.807, 2.05) is 31.0 Å². The third-order valence-electron chi connectivity index (χ3n) is 3.31. The van der Waals surface area contributed by atoms with Crippen LogP contribution < -0.4 is 15.4 Å². The van der Waals surface area contributed by atoms with Crippen molar-refractivity contribution in [3.05, 3.63) is 24.3 Å². The zero-order valence-electron chi connectivity index (χ0n) is 13.0. The lowest BCUT2D eigenvalue weighted by Gasteiger charge is -2.22. The summed E-state index contributed by atoms with van der Waals surface area (Å²) in [6.45, 7) is 3.92.